The van der Waals surface area contributed by atoms with Crippen LogP contribution >= 0.6 is 22.6 Å². The van der Waals surface area contributed by atoms with Crippen molar-refractivity contribution in [3.63, 3.8) is 0 Å². The normalized spacial score (nSPS) is 11.9. The summed E-state index contributed by atoms with van der Waals surface area (Å²) in [6.45, 7) is 1.76. The van der Waals surface area contributed by atoms with Gasteiger partial charge < -0.3 is 5.32 Å². The molecule has 0 radical (unpaired) electrons. The summed E-state index contributed by atoms with van der Waals surface area (Å²) in [5.74, 6) is 0. The topological polar surface area (TPSA) is 53.0 Å². The van der Waals surface area contributed by atoms with Crippen LogP contribution < -0.4 is 5.32 Å². The van der Waals surface area contributed by atoms with E-state index >= 15 is 0 Å². The van der Waals surface area contributed by atoms with Gasteiger partial charge in [0.2, 0.25) is 0 Å². The van der Waals surface area contributed by atoms with E-state index in [0.29, 0.717) is 11.9 Å². The highest BCUT2D eigenvalue weighted by atomic mass is 127. The van der Waals surface area contributed by atoms with Crippen LogP contribution in [0.15, 0.2) is 11.3 Å². The fourth-order valence-corrected chi connectivity index (χ4v) is 0.971. The lowest BCUT2D eigenvalue weighted by Crippen LogP contribution is -2.09. The van der Waals surface area contributed by atoms with Crippen molar-refractivity contribution in [3.05, 3.63) is 11.3 Å². The largest absolute Gasteiger partial charge is 0.391 e. The predicted octanol–water partition coefficient (Wildman–Crippen LogP) is 1.09. The monoisotopic (exact) mass is 252 g/mol. The molecule has 4 heteroatoms. The quantitative estimate of drug-likeness (QED) is 0.342. The van der Waals surface area contributed by atoms with Crippen LogP contribution in [0.4, 0.5) is 0 Å². The van der Waals surface area contributed by atoms with Crippen molar-refractivity contribution < 1.29 is 4.79 Å². The first-order valence-electron chi connectivity index (χ1n) is 2.71. The van der Waals surface area contributed by atoms with Gasteiger partial charge in [-0.1, -0.05) is 0 Å². The Labute approximate surface area is 73.5 Å². The van der Waals surface area contributed by atoms with Crippen LogP contribution in [0.25, 0.3) is 0 Å². The molecule has 56 valence electrons. The van der Waals surface area contributed by atoms with Crippen molar-refractivity contribution in [2.24, 2.45) is 0 Å². The molecule has 0 aromatic rings. The summed E-state index contributed by atoms with van der Waals surface area (Å²) in [6, 6.07) is 0. The Hall–Kier alpha value is -0.390. The molecule has 0 fully saturated rings. The molecular weight excluding hydrogens is 243 g/mol. The van der Waals surface area contributed by atoms with Crippen molar-refractivity contribution in [1.29, 1.82) is 5.41 Å². The van der Waals surface area contributed by atoms with Crippen molar-refractivity contribution >= 4 is 32.6 Å². The van der Waals surface area contributed by atoms with E-state index in [4.69, 9.17) is 5.41 Å². The van der Waals surface area contributed by atoms with Gasteiger partial charge in [0.1, 0.15) is 3.72 Å². The number of carbonyl (C=O) groups excluding carboxylic acids is 1. The van der Waals surface area contributed by atoms with Gasteiger partial charge in [-0.15, -0.1) is 0 Å². The maximum absolute atomic E-state index is 10.3. The van der Waals surface area contributed by atoms with Crippen molar-refractivity contribution in [2.45, 2.75) is 6.92 Å². The summed E-state index contributed by atoms with van der Waals surface area (Å²) in [4.78, 5) is 10.3. The third-order valence-electron chi connectivity index (χ3n) is 1.13. The van der Waals surface area contributed by atoms with Crippen LogP contribution in [-0.4, -0.2) is 17.1 Å². The lowest BCUT2D eigenvalue weighted by molar-refractivity contribution is -0.104. The zero-order valence-electron chi connectivity index (χ0n) is 5.86. The first-order valence-corrected chi connectivity index (χ1v) is 3.79. The number of aldehydes is 1. The van der Waals surface area contributed by atoms with E-state index in [1.165, 1.54) is 0 Å². The first kappa shape index (κ1) is 9.61. The van der Waals surface area contributed by atoms with Crippen LogP contribution in [0.5, 0.6) is 0 Å². The summed E-state index contributed by atoms with van der Waals surface area (Å²) < 4.78 is 0.263. The van der Waals surface area contributed by atoms with Gasteiger partial charge in [0.05, 0.1) is 5.57 Å². The standard InChI is InChI=1S/C6H9IN2O/c1-4(9-2)5(3-10)6(7)8/h3,8-9H,1-2H3/b5-4-,8-6?. The molecule has 0 aliphatic heterocycles. The highest BCUT2D eigenvalue weighted by molar-refractivity contribution is 14.1. The summed E-state index contributed by atoms with van der Waals surface area (Å²) in [7, 11) is 1.72. The van der Waals surface area contributed by atoms with Crippen LogP contribution in [-0.2, 0) is 4.79 Å². The summed E-state index contributed by atoms with van der Waals surface area (Å²) in [6.07, 6.45) is 0.681. The molecule has 0 rings (SSSR count). The molecule has 3 nitrogen and oxygen atoms in total. The van der Waals surface area contributed by atoms with Crippen LogP contribution in [0.2, 0.25) is 0 Å². The van der Waals surface area contributed by atoms with E-state index in [0.717, 1.165) is 5.70 Å². The second-order valence-electron chi connectivity index (χ2n) is 1.72. The molecule has 0 aliphatic rings. The van der Waals surface area contributed by atoms with Gasteiger partial charge in [0.15, 0.2) is 6.29 Å². The SMILES string of the molecule is CN/C(C)=C(/C=O)C(=N)I. The molecule has 0 amide bonds. The molecule has 0 aliphatic carbocycles. The van der Waals surface area contributed by atoms with Crippen LogP contribution in [0.1, 0.15) is 6.92 Å². The maximum atomic E-state index is 10.3. The van der Waals surface area contributed by atoms with E-state index in [1.54, 1.807) is 36.6 Å². The van der Waals surface area contributed by atoms with Gasteiger partial charge >= 0.3 is 0 Å². The Morgan fingerprint density at radius 3 is 2.30 bits per heavy atom. The molecule has 0 aromatic carbocycles. The zero-order chi connectivity index (χ0) is 8.15. The number of hydrogen-bond acceptors (Lipinski definition) is 3. The molecule has 0 unspecified atom stereocenters. The minimum Gasteiger partial charge on any atom is -0.391 e. The molecule has 0 saturated carbocycles. The minimum absolute atomic E-state index is 0.263. The second kappa shape index (κ2) is 4.43. The van der Waals surface area contributed by atoms with Crippen molar-refractivity contribution in [1.82, 2.24) is 5.32 Å². The molecule has 0 aromatic heterocycles. The third-order valence-corrected chi connectivity index (χ3v) is 1.71. The molecular formula is C6H9IN2O. The molecule has 0 heterocycles. The van der Waals surface area contributed by atoms with E-state index in [2.05, 4.69) is 5.32 Å². The number of carbonyl (C=O) groups is 1. The predicted molar refractivity (Wildman–Crippen MR) is 49.6 cm³/mol. The Morgan fingerprint density at radius 2 is 2.20 bits per heavy atom. The lowest BCUT2D eigenvalue weighted by Gasteiger charge is -2.01. The Kier molecular flexibility index (Phi) is 4.26. The van der Waals surface area contributed by atoms with Gasteiger partial charge in [0, 0.05) is 12.7 Å². The molecule has 0 atom stereocenters. The number of rotatable bonds is 3. The zero-order valence-corrected chi connectivity index (χ0v) is 8.02. The van der Waals surface area contributed by atoms with Crippen molar-refractivity contribution in [3.8, 4) is 0 Å². The summed E-state index contributed by atoms with van der Waals surface area (Å²) in [5, 5.41) is 9.94. The molecule has 0 spiro atoms. The second-order valence-corrected chi connectivity index (χ2v) is 2.80. The fourth-order valence-electron chi connectivity index (χ4n) is 0.439. The fraction of sp³-hybridized carbons (Fsp3) is 0.333. The van der Waals surface area contributed by atoms with E-state index in [1.807, 2.05) is 0 Å². The number of hydrogen-bond donors (Lipinski definition) is 2. The van der Waals surface area contributed by atoms with Gasteiger partial charge in [-0.05, 0) is 29.5 Å². The van der Waals surface area contributed by atoms with Gasteiger partial charge in [-0.25, -0.2) is 0 Å². The molecule has 10 heavy (non-hydrogen) atoms. The smallest absolute Gasteiger partial charge is 0.154 e. The Morgan fingerprint density at radius 1 is 1.70 bits per heavy atom. The Bertz CT molecular complexity index is 186. The van der Waals surface area contributed by atoms with Gasteiger partial charge in [-0.2, -0.15) is 0 Å². The van der Waals surface area contributed by atoms with Gasteiger partial charge in [0.25, 0.3) is 0 Å². The number of halogens is 1. The highest BCUT2D eigenvalue weighted by Gasteiger charge is 2.02. The third kappa shape index (κ3) is 2.47. The molecule has 2 N–H and O–H groups in total. The van der Waals surface area contributed by atoms with E-state index in [9.17, 15) is 4.79 Å². The van der Waals surface area contributed by atoms with Crippen LogP contribution in [0, 0.1) is 5.41 Å². The van der Waals surface area contributed by atoms with Crippen LogP contribution in [0.3, 0.4) is 0 Å². The first-order chi connectivity index (χ1) is 4.63. The molecule has 0 saturated heterocycles. The average Bonchev–Trinajstić information content (AvgIpc) is 1.88. The summed E-state index contributed by atoms with van der Waals surface area (Å²) >= 11 is 1.80. The van der Waals surface area contributed by atoms with Crippen molar-refractivity contribution in [2.75, 3.05) is 7.05 Å². The van der Waals surface area contributed by atoms with Gasteiger partial charge in [-0.3, -0.25) is 10.2 Å². The highest BCUT2D eigenvalue weighted by Crippen LogP contribution is 2.04. The van der Waals surface area contributed by atoms with E-state index < -0.39 is 0 Å². The lowest BCUT2D eigenvalue weighted by atomic mass is 10.2. The molecule has 0 bridgehead atoms. The minimum atomic E-state index is 0.263. The average molecular weight is 252 g/mol. The number of nitrogens with one attached hydrogen (secondary N) is 2. The summed E-state index contributed by atoms with van der Waals surface area (Å²) in [5.41, 5.74) is 1.15. The Balaban J connectivity index is 4.62. The van der Waals surface area contributed by atoms with E-state index in [-0.39, 0.29) is 3.72 Å². The maximum Gasteiger partial charge on any atom is 0.154 e. The number of allylic oxidation sites excluding steroid dienone is 2.